The molecule has 0 unspecified atom stereocenters. The zero-order valence-corrected chi connectivity index (χ0v) is 17.1. The number of hydrogen-bond donors (Lipinski definition) is 2. The molecular weight excluding hydrogens is 356 g/mol. The highest BCUT2D eigenvalue weighted by atomic mass is 16.3. The molecule has 3 heterocycles. The fourth-order valence-corrected chi connectivity index (χ4v) is 2.99. The molecular formula is C19H28N8O. The first-order valence-electron chi connectivity index (χ1n) is 9.45. The average Bonchev–Trinajstić information content (AvgIpc) is 3.38. The van der Waals surface area contributed by atoms with E-state index in [1.807, 2.05) is 30.9 Å². The van der Waals surface area contributed by atoms with Crippen LogP contribution in [0.3, 0.4) is 0 Å². The molecule has 3 rings (SSSR count). The molecule has 9 heteroatoms. The van der Waals surface area contributed by atoms with Gasteiger partial charge in [-0.3, -0.25) is 9.78 Å². The molecule has 28 heavy (non-hydrogen) atoms. The van der Waals surface area contributed by atoms with Gasteiger partial charge in [-0.25, -0.2) is 9.98 Å². The van der Waals surface area contributed by atoms with Crippen molar-refractivity contribution in [2.45, 2.75) is 39.8 Å². The van der Waals surface area contributed by atoms with E-state index in [-0.39, 0.29) is 0 Å². The predicted octanol–water partition coefficient (Wildman–Crippen LogP) is 2.52. The maximum Gasteiger partial charge on any atom is 0.216 e. The number of aromatic nitrogens is 5. The van der Waals surface area contributed by atoms with E-state index >= 15 is 0 Å². The maximum atomic E-state index is 5.32. The third-order valence-corrected chi connectivity index (χ3v) is 4.24. The Morgan fingerprint density at radius 3 is 2.93 bits per heavy atom. The van der Waals surface area contributed by atoms with E-state index < -0.39 is 0 Å². The SMILES string of the molecule is CCNC(=NCc1nc(-c2ccco2)n[nH]1)N(C)Cc1cn(C)nc1C(C)C. The number of furan rings is 1. The zero-order valence-electron chi connectivity index (χ0n) is 17.1. The molecule has 0 radical (unpaired) electrons. The van der Waals surface area contributed by atoms with Gasteiger partial charge in [0.2, 0.25) is 5.82 Å². The van der Waals surface area contributed by atoms with Gasteiger partial charge >= 0.3 is 0 Å². The van der Waals surface area contributed by atoms with Crippen LogP contribution >= 0.6 is 0 Å². The molecule has 0 aliphatic rings. The third-order valence-electron chi connectivity index (χ3n) is 4.24. The van der Waals surface area contributed by atoms with Gasteiger partial charge in [0.1, 0.15) is 12.4 Å². The van der Waals surface area contributed by atoms with Crippen molar-refractivity contribution in [1.29, 1.82) is 0 Å². The predicted molar refractivity (Wildman–Crippen MR) is 108 cm³/mol. The molecule has 0 spiro atoms. The summed E-state index contributed by atoms with van der Waals surface area (Å²) in [7, 11) is 3.97. The first-order chi connectivity index (χ1) is 13.5. The molecule has 0 bridgehead atoms. The Hall–Kier alpha value is -3.10. The van der Waals surface area contributed by atoms with E-state index in [1.165, 1.54) is 5.56 Å². The van der Waals surface area contributed by atoms with E-state index in [9.17, 15) is 0 Å². The Morgan fingerprint density at radius 2 is 2.25 bits per heavy atom. The summed E-state index contributed by atoms with van der Waals surface area (Å²) in [5.41, 5.74) is 2.31. The fourth-order valence-electron chi connectivity index (χ4n) is 2.99. The smallest absolute Gasteiger partial charge is 0.216 e. The quantitative estimate of drug-likeness (QED) is 0.480. The minimum atomic E-state index is 0.373. The average molecular weight is 384 g/mol. The summed E-state index contributed by atoms with van der Waals surface area (Å²) in [4.78, 5) is 11.2. The highest BCUT2D eigenvalue weighted by molar-refractivity contribution is 5.79. The Bertz CT molecular complexity index is 906. The Morgan fingerprint density at radius 1 is 1.43 bits per heavy atom. The summed E-state index contributed by atoms with van der Waals surface area (Å²) in [6, 6.07) is 3.64. The lowest BCUT2D eigenvalue weighted by Gasteiger charge is -2.22. The second-order valence-electron chi connectivity index (χ2n) is 6.98. The number of nitrogens with zero attached hydrogens (tertiary/aromatic N) is 6. The fraction of sp³-hybridized carbons (Fsp3) is 0.474. The summed E-state index contributed by atoms with van der Waals surface area (Å²) < 4.78 is 7.19. The number of nitrogens with one attached hydrogen (secondary N) is 2. The monoisotopic (exact) mass is 384 g/mol. The molecule has 2 N–H and O–H groups in total. The minimum absolute atomic E-state index is 0.373. The highest BCUT2D eigenvalue weighted by Gasteiger charge is 2.15. The number of rotatable bonds is 7. The standard InChI is InChI=1S/C19H28N8O/c1-6-20-19(26(4)11-14-12-27(5)25-17(14)13(2)3)21-10-16-22-18(24-23-16)15-8-7-9-28-15/h7-9,12-13H,6,10-11H2,1-5H3,(H,20,21)(H,22,23,24). The molecule has 0 saturated heterocycles. The van der Waals surface area contributed by atoms with Crippen LogP contribution in [0.4, 0.5) is 0 Å². The topological polar surface area (TPSA) is 100 Å². The Balaban J connectivity index is 1.71. The largest absolute Gasteiger partial charge is 0.461 e. The number of aryl methyl sites for hydroxylation is 1. The summed E-state index contributed by atoms with van der Waals surface area (Å²) in [5.74, 6) is 3.02. The van der Waals surface area contributed by atoms with Crippen LogP contribution < -0.4 is 5.32 Å². The van der Waals surface area contributed by atoms with Crippen LogP contribution in [-0.2, 0) is 20.1 Å². The van der Waals surface area contributed by atoms with E-state index in [2.05, 4.69) is 57.5 Å². The number of aromatic amines is 1. The molecule has 0 saturated carbocycles. The Labute approximate surface area is 164 Å². The molecule has 0 aliphatic carbocycles. The molecule has 3 aromatic rings. The van der Waals surface area contributed by atoms with E-state index in [0.717, 1.165) is 24.7 Å². The van der Waals surface area contributed by atoms with Crippen molar-refractivity contribution < 1.29 is 4.42 Å². The van der Waals surface area contributed by atoms with Crippen molar-refractivity contribution in [2.75, 3.05) is 13.6 Å². The van der Waals surface area contributed by atoms with Gasteiger partial charge in [-0.2, -0.15) is 5.10 Å². The lowest BCUT2D eigenvalue weighted by molar-refractivity contribution is 0.473. The summed E-state index contributed by atoms with van der Waals surface area (Å²) >= 11 is 0. The van der Waals surface area contributed by atoms with Crippen molar-refractivity contribution in [3.05, 3.63) is 41.7 Å². The Kier molecular flexibility index (Phi) is 6.13. The lowest BCUT2D eigenvalue weighted by Crippen LogP contribution is -2.38. The molecule has 0 aliphatic heterocycles. The normalized spacial score (nSPS) is 12.0. The molecule has 0 atom stereocenters. The van der Waals surface area contributed by atoms with Gasteiger partial charge in [0, 0.05) is 38.9 Å². The molecule has 0 amide bonds. The van der Waals surface area contributed by atoms with Crippen molar-refractivity contribution in [1.82, 2.24) is 35.2 Å². The van der Waals surface area contributed by atoms with Crippen LogP contribution in [0, 0.1) is 0 Å². The van der Waals surface area contributed by atoms with Crippen LogP contribution in [0.1, 0.15) is 43.8 Å². The van der Waals surface area contributed by atoms with Gasteiger partial charge in [-0.1, -0.05) is 13.8 Å². The summed E-state index contributed by atoms with van der Waals surface area (Å²) in [6.07, 6.45) is 3.67. The van der Waals surface area contributed by atoms with Crippen LogP contribution in [0.5, 0.6) is 0 Å². The second kappa shape index (κ2) is 8.73. The highest BCUT2D eigenvalue weighted by Crippen LogP contribution is 2.19. The lowest BCUT2D eigenvalue weighted by atomic mass is 10.1. The molecule has 3 aromatic heterocycles. The zero-order chi connectivity index (χ0) is 20.1. The van der Waals surface area contributed by atoms with Crippen LogP contribution in [0.25, 0.3) is 11.6 Å². The summed E-state index contributed by atoms with van der Waals surface area (Å²) in [6.45, 7) is 8.26. The van der Waals surface area contributed by atoms with Crippen LogP contribution in [-0.4, -0.2) is 49.4 Å². The van der Waals surface area contributed by atoms with E-state index in [4.69, 9.17) is 9.41 Å². The van der Waals surface area contributed by atoms with Crippen molar-refractivity contribution in [3.63, 3.8) is 0 Å². The molecule has 9 nitrogen and oxygen atoms in total. The van der Waals surface area contributed by atoms with E-state index in [0.29, 0.717) is 29.9 Å². The maximum absolute atomic E-state index is 5.32. The number of hydrogen-bond acceptors (Lipinski definition) is 5. The first-order valence-corrected chi connectivity index (χ1v) is 9.45. The van der Waals surface area contributed by atoms with Gasteiger partial charge < -0.3 is 14.6 Å². The number of guanidine groups is 1. The first kappa shape index (κ1) is 19.7. The number of H-pyrrole nitrogens is 1. The van der Waals surface area contributed by atoms with Gasteiger partial charge in [-0.05, 0) is 25.0 Å². The van der Waals surface area contributed by atoms with Crippen molar-refractivity contribution >= 4 is 5.96 Å². The second-order valence-corrected chi connectivity index (χ2v) is 6.98. The van der Waals surface area contributed by atoms with Crippen molar-refractivity contribution in [3.8, 4) is 11.6 Å². The molecule has 0 aromatic carbocycles. The molecule has 0 fully saturated rings. The minimum Gasteiger partial charge on any atom is -0.461 e. The van der Waals surface area contributed by atoms with Gasteiger partial charge in [0.05, 0.1) is 12.0 Å². The summed E-state index contributed by atoms with van der Waals surface area (Å²) in [5, 5.41) is 15.0. The van der Waals surface area contributed by atoms with Crippen LogP contribution in [0.15, 0.2) is 34.0 Å². The molecule has 150 valence electrons. The van der Waals surface area contributed by atoms with Crippen LogP contribution in [0.2, 0.25) is 0 Å². The van der Waals surface area contributed by atoms with Gasteiger partial charge in [-0.15, -0.1) is 5.10 Å². The van der Waals surface area contributed by atoms with Gasteiger partial charge in [0.25, 0.3) is 0 Å². The van der Waals surface area contributed by atoms with Gasteiger partial charge in [0.15, 0.2) is 11.7 Å². The number of aliphatic imine (C=N–C) groups is 1. The third kappa shape index (κ3) is 4.59. The van der Waals surface area contributed by atoms with E-state index in [1.54, 1.807) is 6.26 Å². The van der Waals surface area contributed by atoms with Crippen molar-refractivity contribution in [2.24, 2.45) is 12.0 Å².